The lowest BCUT2D eigenvalue weighted by molar-refractivity contribution is -0.120. The highest BCUT2D eigenvalue weighted by molar-refractivity contribution is 5.84. The number of amides is 1. The number of nitrogens with one attached hydrogen (secondary N) is 1. The van der Waals surface area contributed by atoms with E-state index >= 15 is 0 Å². The lowest BCUT2D eigenvalue weighted by atomic mass is 10.1. The fourth-order valence-corrected chi connectivity index (χ4v) is 3.14. The number of carbonyl (C=O) groups is 1. The van der Waals surface area contributed by atoms with Crippen molar-refractivity contribution in [1.29, 1.82) is 0 Å². The summed E-state index contributed by atoms with van der Waals surface area (Å²) in [5.74, 6) is 1.29. The Labute approximate surface area is 185 Å². The molecule has 0 unspecified atom stereocenters. The van der Waals surface area contributed by atoms with Gasteiger partial charge in [0, 0.05) is 0 Å². The molecular formula is C25H34N2O4. The topological polar surface area (TPSA) is 80.2 Å². The monoisotopic (exact) mass is 426 g/mol. The standard InChI is InChI=1S/C25H34N2O4/c1-3-4-5-6-7-8-9-16-31-23-15-12-21(17-24(23)30-2)19-26-27-25(29)18-20-10-13-22(28)14-11-20/h10-15,17,19,28H,3-9,16,18H2,1-2H3,(H,27,29)/b26-19-. The molecule has 0 saturated carbocycles. The number of carbonyl (C=O) groups excluding carboxylic acids is 1. The average molecular weight is 427 g/mol. The van der Waals surface area contributed by atoms with Crippen LogP contribution in [0, 0.1) is 0 Å². The van der Waals surface area contributed by atoms with Gasteiger partial charge in [-0.2, -0.15) is 5.10 Å². The third-order valence-corrected chi connectivity index (χ3v) is 4.90. The van der Waals surface area contributed by atoms with Crippen LogP contribution >= 0.6 is 0 Å². The van der Waals surface area contributed by atoms with E-state index in [0.29, 0.717) is 18.1 Å². The van der Waals surface area contributed by atoms with Gasteiger partial charge >= 0.3 is 0 Å². The van der Waals surface area contributed by atoms with Gasteiger partial charge in [0.25, 0.3) is 0 Å². The fraction of sp³-hybridized carbons (Fsp3) is 0.440. The van der Waals surface area contributed by atoms with E-state index in [1.165, 1.54) is 38.5 Å². The normalized spacial score (nSPS) is 10.9. The molecule has 168 valence electrons. The smallest absolute Gasteiger partial charge is 0.244 e. The lowest BCUT2D eigenvalue weighted by Crippen LogP contribution is -2.19. The van der Waals surface area contributed by atoms with Gasteiger partial charge in [-0.15, -0.1) is 0 Å². The Balaban J connectivity index is 1.75. The van der Waals surface area contributed by atoms with Crippen LogP contribution in [0.4, 0.5) is 0 Å². The van der Waals surface area contributed by atoms with Gasteiger partial charge in [-0.3, -0.25) is 4.79 Å². The number of ether oxygens (including phenoxy) is 2. The van der Waals surface area contributed by atoms with E-state index < -0.39 is 0 Å². The minimum Gasteiger partial charge on any atom is -0.508 e. The molecule has 0 bridgehead atoms. The highest BCUT2D eigenvalue weighted by atomic mass is 16.5. The number of benzene rings is 2. The Morgan fingerprint density at radius 3 is 2.42 bits per heavy atom. The molecule has 6 heteroatoms. The van der Waals surface area contributed by atoms with Crippen molar-refractivity contribution in [2.75, 3.05) is 13.7 Å². The summed E-state index contributed by atoms with van der Waals surface area (Å²) in [6, 6.07) is 12.1. The minimum absolute atomic E-state index is 0.172. The number of hydrogen-bond acceptors (Lipinski definition) is 5. The van der Waals surface area contributed by atoms with Crippen LogP contribution in [0.25, 0.3) is 0 Å². The number of unbranched alkanes of at least 4 members (excludes halogenated alkanes) is 6. The van der Waals surface area contributed by atoms with Gasteiger partial charge < -0.3 is 14.6 Å². The lowest BCUT2D eigenvalue weighted by Gasteiger charge is -2.11. The van der Waals surface area contributed by atoms with Crippen LogP contribution in [0.2, 0.25) is 0 Å². The molecule has 6 nitrogen and oxygen atoms in total. The number of phenolic OH excluding ortho intramolecular Hbond substituents is 1. The summed E-state index contributed by atoms with van der Waals surface area (Å²) in [6.45, 7) is 2.90. The molecule has 2 rings (SSSR count). The van der Waals surface area contributed by atoms with Crippen molar-refractivity contribution in [1.82, 2.24) is 5.43 Å². The number of rotatable bonds is 14. The van der Waals surface area contributed by atoms with Gasteiger partial charge in [-0.05, 0) is 47.9 Å². The molecule has 0 saturated heterocycles. The third kappa shape index (κ3) is 9.55. The van der Waals surface area contributed by atoms with Crippen molar-refractivity contribution < 1.29 is 19.4 Å². The molecule has 0 fully saturated rings. The molecule has 2 aromatic carbocycles. The molecule has 0 atom stereocenters. The van der Waals surface area contributed by atoms with E-state index in [0.717, 1.165) is 17.5 Å². The number of hydrazone groups is 1. The molecule has 0 aromatic heterocycles. The van der Waals surface area contributed by atoms with Crippen molar-refractivity contribution >= 4 is 12.1 Å². The van der Waals surface area contributed by atoms with Crippen molar-refractivity contribution in [2.24, 2.45) is 5.10 Å². The highest BCUT2D eigenvalue weighted by Crippen LogP contribution is 2.27. The van der Waals surface area contributed by atoms with Crippen LogP contribution in [0.5, 0.6) is 17.2 Å². The second kappa shape index (κ2) is 14.1. The second-order valence-electron chi connectivity index (χ2n) is 7.52. The van der Waals surface area contributed by atoms with Crippen molar-refractivity contribution in [2.45, 2.75) is 58.3 Å². The minimum atomic E-state index is -0.233. The second-order valence-corrected chi connectivity index (χ2v) is 7.52. The Bertz CT molecular complexity index is 819. The molecular weight excluding hydrogens is 392 g/mol. The van der Waals surface area contributed by atoms with E-state index in [9.17, 15) is 9.90 Å². The molecule has 0 radical (unpaired) electrons. The Morgan fingerprint density at radius 2 is 1.71 bits per heavy atom. The van der Waals surface area contributed by atoms with Crippen molar-refractivity contribution in [3.05, 3.63) is 53.6 Å². The first-order chi connectivity index (χ1) is 15.1. The number of nitrogens with zero attached hydrogens (tertiary/aromatic N) is 1. The summed E-state index contributed by atoms with van der Waals surface area (Å²) < 4.78 is 11.3. The van der Waals surface area contributed by atoms with Crippen LogP contribution in [-0.4, -0.2) is 30.9 Å². The van der Waals surface area contributed by atoms with E-state index in [1.54, 1.807) is 37.6 Å². The molecule has 0 aliphatic rings. The molecule has 0 spiro atoms. The highest BCUT2D eigenvalue weighted by Gasteiger charge is 2.06. The Morgan fingerprint density at radius 1 is 1.00 bits per heavy atom. The quantitative estimate of drug-likeness (QED) is 0.246. The fourth-order valence-electron chi connectivity index (χ4n) is 3.14. The Hall–Kier alpha value is -3.02. The van der Waals surface area contributed by atoms with Gasteiger partial charge in [-0.1, -0.05) is 57.6 Å². The molecule has 0 aliphatic heterocycles. The molecule has 31 heavy (non-hydrogen) atoms. The largest absolute Gasteiger partial charge is 0.508 e. The third-order valence-electron chi connectivity index (χ3n) is 4.90. The van der Waals surface area contributed by atoms with Crippen molar-refractivity contribution in [3.63, 3.8) is 0 Å². The van der Waals surface area contributed by atoms with Crippen LogP contribution in [0.3, 0.4) is 0 Å². The number of aromatic hydroxyl groups is 1. The van der Waals surface area contributed by atoms with Gasteiger partial charge in [0.2, 0.25) is 5.91 Å². The number of hydrogen-bond donors (Lipinski definition) is 2. The van der Waals surface area contributed by atoms with Gasteiger partial charge in [-0.25, -0.2) is 5.43 Å². The Kier molecular flexibility index (Phi) is 11.0. The summed E-state index contributed by atoms with van der Waals surface area (Å²) in [5, 5.41) is 13.3. The molecule has 2 aromatic rings. The van der Waals surface area contributed by atoms with Crippen LogP contribution in [0.1, 0.15) is 63.0 Å². The zero-order valence-corrected chi connectivity index (χ0v) is 18.6. The van der Waals surface area contributed by atoms with E-state index in [-0.39, 0.29) is 18.1 Å². The summed E-state index contributed by atoms with van der Waals surface area (Å²) in [6.07, 6.45) is 10.5. The van der Waals surface area contributed by atoms with Gasteiger partial charge in [0.1, 0.15) is 5.75 Å². The predicted octanol–water partition coefficient (Wildman–Crippen LogP) is 5.22. The average Bonchev–Trinajstić information content (AvgIpc) is 2.77. The molecule has 1 amide bonds. The van der Waals surface area contributed by atoms with E-state index in [2.05, 4.69) is 17.5 Å². The van der Waals surface area contributed by atoms with E-state index in [1.807, 2.05) is 18.2 Å². The maximum Gasteiger partial charge on any atom is 0.244 e. The first-order valence-electron chi connectivity index (χ1n) is 11.0. The summed E-state index contributed by atoms with van der Waals surface area (Å²) >= 11 is 0. The first-order valence-corrected chi connectivity index (χ1v) is 11.0. The number of methoxy groups -OCH3 is 1. The molecule has 0 heterocycles. The maximum atomic E-state index is 12.0. The van der Waals surface area contributed by atoms with Crippen LogP contribution in [-0.2, 0) is 11.2 Å². The maximum absolute atomic E-state index is 12.0. The molecule has 0 aliphatic carbocycles. The SMILES string of the molecule is CCCCCCCCCOc1ccc(/C=N\NC(=O)Cc2ccc(O)cc2)cc1OC. The molecule has 2 N–H and O–H groups in total. The first kappa shape index (κ1) is 24.3. The van der Waals surface area contributed by atoms with Gasteiger partial charge in [0.05, 0.1) is 26.4 Å². The predicted molar refractivity (Wildman–Crippen MR) is 124 cm³/mol. The van der Waals surface area contributed by atoms with Crippen molar-refractivity contribution in [3.8, 4) is 17.2 Å². The van der Waals surface area contributed by atoms with E-state index in [4.69, 9.17) is 9.47 Å². The summed E-state index contributed by atoms with van der Waals surface area (Å²) in [4.78, 5) is 12.0. The summed E-state index contributed by atoms with van der Waals surface area (Å²) in [5.41, 5.74) is 4.11. The summed E-state index contributed by atoms with van der Waals surface area (Å²) in [7, 11) is 1.61. The van der Waals surface area contributed by atoms with Crippen LogP contribution < -0.4 is 14.9 Å². The van der Waals surface area contributed by atoms with Gasteiger partial charge in [0.15, 0.2) is 11.5 Å². The zero-order chi connectivity index (χ0) is 22.3. The number of phenols is 1. The zero-order valence-electron chi connectivity index (χ0n) is 18.6. The van der Waals surface area contributed by atoms with Crippen LogP contribution in [0.15, 0.2) is 47.6 Å².